The van der Waals surface area contributed by atoms with Crippen molar-refractivity contribution in [3.63, 3.8) is 0 Å². The van der Waals surface area contributed by atoms with E-state index >= 15 is 0 Å². The number of nitrogens with one attached hydrogen (secondary N) is 1. The van der Waals surface area contributed by atoms with E-state index in [2.05, 4.69) is 54.5 Å². The lowest BCUT2D eigenvalue weighted by atomic mass is 9.84. The fourth-order valence-electron chi connectivity index (χ4n) is 3.01. The Labute approximate surface area is 110 Å². The van der Waals surface area contributed by atoms with E-state index in [1.165, 1.54) is 49.3 Å². The van der Waals surface area contributed by atoms with Crippen LogP contribution in [0.2, 0.25) is 0 Å². The number of hydrogen-bond acceptors (Lipinski definition) is 2. The second-order valence-corrected chi connectivity index (χ2v) is 5.93. The summed E-state index contributed by atoms with van der Waals surface area (Å²) in [6.45, 7) is 7.03. The molecule has 2 heteroatoms. The van der Waals surface area contributed by atoms with Crippen LogP contribution in [0.25, 0.3) is 0 Å². The number of rotatable bonds is 1. The maximum Gasteiger partial charge on any atom is 0.0424 e. The minimum Gasteiger partial charge on any atom is -0.376 e. The third-order valence-electron chi connectivity index (χ3n) is 4.25. The number of fused-ring (bicyclic) bond motifs is 1. The first-order chi connectivity index (χ1) is 8.68. The van der Waals surface area contributed by atoms with Gasteiger partial charge in [-0.2, -0.15) is 0 Å². The molecule has 0 amide bonds. The Hall–Kier alpha value is -1.44. The number of hydrogen-bond donors (Lipinski definition) is 1. The van der Waals surface area contributed by atoms with Gasteiger partial charge in [0.2, 0.25) is 0 Å². The van der Waals surface area contributed by atoms with E-state index in [0.29, 0.717) is 0 Å². The van der Waals surface area contributed by atoms with Crippen molar-refractivity contribution in [1.29, 1.82) is 0 Å². The smallest absolute Gasteiger partial charge is 0.0424 e. The molecule has 0 radical (unpaired) electrons. The summed E-state index contributed by atoms with van der Waals surface area (Å²) in [4.78, 5) is 2.47. The summed E-state index contributed by atoms with van der Waals surface area (Å²) in [7, 11) is 0. The SMILES string of the molecule is CC1(C)/C(=C\N2CCCCC2)Nc2ccccc21. The van der Waals surface area contributed by atoms with Crippen LogP contribution in [0.3, 0.4) is 0 Å². The quantitative estimate of drug-likeness (QED) is 0.807. The molecule has 96 valence electrons. The third kappa shape index (κ3) is 1.90. The highest BCUT2D eigenvalue weighted by molar-refractivity contribution is 5.67. The zero-order chi connectivity index (χ0) is 12.6. The number of anilines is 1. The van der Waals surface area contributed by atoms with Crippen molar-refractivity contribution in [1.82, 2.24) is 4.90 Å². The van der Waals surface area contributed by atoms with Crippen molar-refractivity contribution in [2.45, 2.75) is 38.5 Å². The van der Waals surface area contributed by atoms with Crippen molar-refractivity contribution in [3.05, 3.63) is 41.7 Å². The maximum atomic E-state index is 3.59. The summed E-state index contributed by atoms with van der Waals surface area (Å²) in [5.74, 6) is 0. The van der Waals surface area contributed by atoms with Gasteiger partial charge in [-0.3, -0.25) is 0 Å². The van der Waals surface area contributed by atoms with E-state index in [-0.39, 0.29) is 5.41 Å². The summed E-state index contributed by atoms with van der Waals surface area (Å²) < 4.78 is 0. The first-order valence-electron chi connectivity index (χ1n) is 7.01. The van der Waals surface area contributed by atoms with Gasteiger partial charge in [0, 0.05) is 36.1 Å². The number of benzene rings is 1. The molecule has 0 spiro atoms. The van der Waals surface area contributed by atoms with Gasteiger partial charge < -0.3 is 10.2 Å². The van der Waals surface area contributed by atoms with Crippen LogP contribution in [0.1, 0.15) is 38.7 Å². The molecule has 1 aromatic carbocycles. The van der Waals surface area contributed by atoms with Crippen molar-refractivity contribution < 1.29 is 0 Å². The molecule has 1 N–H and O–H groups in total. The largest absolute Gasteiger partial charge is 0.376 e. The van der Waals surface area contributed by atoms with E-state index < -0.39 is 0 Å². The molecule has 2 aliphatic rings. The minimum atomic E-state index is 0.105. The van der Waals surface area contributed by atoms with Gasteiger partial charge in [-0.05, 0) is 30.9 Å². The summed E-state index contributed by atoms with van der Waals surface area (Å²) >= 11 is 0. The highest BCUT2D eigenvalue weighted by atomic mass is 15.1. The topological polar surface area (TPSA) is 15.3 Å². The molecule has 2 nitrogen and oxygen atoms in total. The summed E-state index contributed by atoms with van der Waals surface area (Å²) in [5, 5.41) is 3.59. The summed E-state index contributed by atoms with van der Waals surface area (Å²) in [5.41, 5.74) is 4.12. The van der Waals surface area contributed by atoms with Crippen molar-refractivity contribution in [3.8, 4) is 0 Å². The first kappa shape index (κ1) is 11.6. The predicted molar refractivity (Wildman–Crippen MR) is 76.6 cm³/mol. The molecule has 0 aromatic heterocycles. The Kier molecular flexibility index (Phi) is 2.81. The Morgan fingerprint density at radius 2 is 1.83 bits per heavy atom. The molecular formula is C16H22N2. The van der Waals surface area contributed by atoms with Crippen LogP contribution in [0.4, 0.5) is 5.69 Å². The minimum absolute atomic E-state index is 0.105. The van der Waals surface area contributed by atoms with Crippen LogP contribution >= 0.6 is 0 Å². The molecule has 3 rings (SSSR count). The molecule has 0 atom stereocenters. The van der Waals surface area contributed by atoms with Crippen molar-refractivity contribution in [2.75, 3.05) is 18.4 Å². The van der Waals surface area contributed by atoms with Gasteiger partial charge in [-0.15, -0.1) is 0 Å². The van der Waals surface area contributed by atoms with Crippen LogP contribution in [0, 0.1) is 0 Å². The van der Waals surface area contributed by atoms with E-state index in [1.807, 2.05) is 0 Å². The monoisotopic (exact) mass is 242 g/mol. The van der Waals surface area contributed by atoms with Gasteiger partial charge in [0.15, 0.2) is 0 Å². The van der Waals surface area contributed by atoms with Crippen molar-refractivity contribution in [2.24, 2.45) is 0 Å². The molecule has 0 aliphatic carbocycles. The Balaban J connectivity index is 1.89. The Morgan fingerprint density at radius 3 is 2.56 bits per heavy atom. The molecule has 1 saturated heterocycles. The predicted octanol–water partition coefficient (Wildman–Crippen LogP) is 3.72. The number of piperidine rings is 1. The standard InChI is InChI=1S/C16H22N2/c1-16(2)13-8-4-5-9-14(13)17-15(16)12-18-10-6-3-7-11-18/h4-5,8-9,12,17H,3,6-7,10-11H2,1-2H3/b15-12+. The average Bonchev–Trinajstić information content (AvgIpc) is 2.63. The lowest BCUT2D eigenvalue weighted by Crippen LogP contribution is -2.28. The fourth-order valence-corrected chi connectivity index (χ4v) is 3.01. The lowest BCUT2D eigenvalue weighted by molar-refractivity contribution is 0.305. The van der Waals surface area contributed by atoms with E-state index in [0.717, 1.165) is 0 Å². The number of allylic oxidation sites excluding steroid dienone is 1. The van der Waals surface area contributed by atoms with Gasteiger partial charge >= 0.3 is 0 Å². The summed E-state index contributed by atoms with van der Waals surface area (Å²) in [6.07, 6.45) is 6.39. The third-order valence-corrected chi connectivity index (χ3v) is 4.25. The number of para-hydroxylation sites is 1. The second-order valence-electron chi connectivity index (χ2n) is 5.93. The highest BCUT2D eigenvalue weighted by Gasteiger charge is 2.34. The fraction of sp³-hybridized carbons (Fsp3) is 0.500. The maximum absolute atomic E-state index is 3.59. The van der Waals surface area contributed by atoms with Crippen LogP contribution < -0.4 is 5.32 Å². The van der Waals surface area contributed by atoms with Gasteiger partial charge in [0.1, 0.15) is 0 Å². The molecule has 0 bridgehead atoms. The molecule has 0 unspecified atom stereocenters. The van der Waals surface area contributed by atoms with Gasteiger partial charge in [-0.1, -0.05) is 32.0 Å². The highest BCUT2D eigenvalue weighted by Crippen LogP contribution is 2.43. The molecule has 1 fully saturated rings. The normalized spacial score (nSPS) is 23.9. The Bertz CT molecular complexity index is 468. The Morgan fingerprint density at radius 1 is 1.11 bits per heavy atom. The molecule has 1 aromatic rings. The molecule has 2 heterocycles. The van der Waals surface area contributed by atoms with E-state index in [4.69, 9.17) is 0 Å². The molecule has 2 aliphatic heterocycles. The van der Waals surface area contributed by atoms with Crippen LogP contribution in [-0.4, -0.2) is 18.0 Å². The van der Waals surface area contributed by atoms with Gasteiger partial charge in [0.25, 0.3) is 0 Å². The van der Waals surface area contributed by atoms with E-state index in [9.17, 15) is 0 Å². The first-order valence-corrected chi connectivity index (χ1v) is 7.01. The number of likely N-dealkylation sites (tertiary alicyclic amines) is 1. The van der Waals surface area contributed by atoms with Crippen LogP contribution in [0.15, 0.2) is 36.2 Å². The zero-order valence-electron chi connectivity index (χ0n) is 11.4. The van der Waals surface area contributed by atoms with Gasteiger partial charge in [0.05, 0.1) is 0 Å². The van der Waals surface area contributed by atoms with E-state index in [1.54, 1.807) is 0 Å². The molecule has 18 heavy (non-hydrogen) atoms. The van der Waals surface area contributed by atoms with Gasteiger partial charge in [-0.25, -0.2) is 0 Å². The summed E-state index contributed by atoms with van der Waals surface area (Å²) in [6, 6.07) is 8.64. The molecular weight excluding hydrogens is 220 g/mol. The van der Waals surface area contributed by atoms with Crippen LogP contribution in [0.5, 0.6) is 0 Å². The number of nitrogens with zero attached hydrogens (tertiary/aromatic N) is 1. The lowest BCUT2D eigenvalue weighted by Gasteiger charge is -2.28. The van der Waals surface area contributed by atoms with Crippen LogP contribution in [-0.2, 0) is 5.41 Å². The average molecular weight is 242 g/mol. The second kappa shape index (κ2) is 4.34. The molecule has 0 saturated carbocycles. The zero-order valence-corrected chi connectivity index (χ0v) is 11.4. The van der Waals surface area contributed by atoms with Crippen molar-refractivity contribution >= 4 is 5.69 Å².